The van der Waals surface area contributed by atoms with Crippen LogP contribution in [-0.4, -0.2) is 28.9 Å². The van der Waals surface area contributed by atoms with Crippen molar-refractivity contribution in [2.75, 3.05) is 12.0 Å². The van der Waals surface area contributed by atoms with Gasteiger partial charge in [-0.1, -0.05) is 18.2 Å². The molecule has 0 bridgehead atoms. The summed E-state index contributed by atoms with van der Waals surface area (Å²) in [6.07, 6.45) is 0. The number of anilines is 1. The van der Waals surface area contributed by atoms with Gasteiger partial charge in [0.1, 0.15) is 11.6 Å². The number of carbonyl (C=O) groups is 2. The molecule has 2 aromatic carbocycles. The largest absolute Gasteiger partial charge is 0.503 e. The first-order valence-electron chi connectivity index (χ1n) is 9.46. The summed E-state index contributed by atoms with van der Waals surface area (Å²) < 4.78 is 19.1. The summed E-state index contributed by atoms with van der Waals surface area (Å²) in [6.45, 7) is 3.49. The van der Waals surface area contributed by atoms with Gasteiger partial charge in [0, 0.05) is 5.69 Å². The summed E-state index contributed by atoms with van der Waals surface area (Å²) in [5.41, 5.74) is 1.27. The lowest BCUT2D eigenvalue weighted by molar-refractivity contribution is -0.117. The quantitative estimate of drug-likeness (QED) is 0.585. The number of halogens is 1. The molecule has 6 nitrogen and oxygen atoms in total. The van der Waals surface area contributed by atoms with Crippen LogP contribution in [0.25, 0.3) is 0 Å². The molecule has 0 aliphatic carbocycles. The molecule has 158 valence electrons. The summed E-state index contributed by atoms with van der Waals surface area (Å²) in [4.78, 5) is 32.4. The second-order valence-corrected chi connectivity index (χ2v) is 8.27. The fourth-order valence-electron chi connectivity index (χ4n) is 3.70. The van der Waals surface area contributed by atoms with Gasteiger partial charge in [-0.15, -0.1) is 11.3 Å². The van der Waals surface area contributed by atoms with Crippen LogP contribution < -0.4 is 9.64 Å². The first-order chi connectivity index (χ1) is 14.8. The standard InChI is InChI=1S/C23H19FN2O4S/c1-12-22(31-13(2)25-12)20(27)18-19(14-7-9-17(30-3)10-8-14)26(23(29)21(18)28)16-6-4-5-15(24)11-16/h4-11,19,28H,1-3H3. The van der Waals surface area contributed by atoms with Crippen LogP contribution in [0.2, 0.25) is 0 Å². The van der Waals surface area contributed by atoms with Crippen LogP contribution >= 0.6 is 11.3 Å². The van der Waals surface area contributed by atoms with Gasteiger partial charge in [0.15, 0.2) is 5.76 Å². The number of aryl methyl sites for hydroxylation is 2. The zero-order chi connectivity index (χ0) is 22.3. The van der Waals surface area contributed by atoms with E-state index in [4.69, 9.17) is 4.74 Å². The van der Waals surface area contributed by atoms with Crippen molar-refractivity contribution in [3.8, 4) is 5.75 Å². The predicted octanol–water partition coefficient (Wildman–Crippen LogP) is 4.69. The number of ether oxygens (including phenoxy) is 1. The molecule has 0 radical (unpaired) electrons. The van der Waals surface area contributed by atoms with Gasteiger partial charge in [-0.25, -0.2) is 9.37 Å². The molecule has 1 N–H and O–H groups in total. The van der Waals surface area contributed by atoms with E-state index in [2.05, 4.69) is 4.98 Å². The lowest BCUT2D eigenvalue weighted by atomic mass is 9.94. The van der Waals surface area contributed by atoms with Gasteiger partial charge in [-0.2, -0.15) is 0 Å². The van der Waals surface area contributed by atoms with Gasteiger partial charge in [0.2, 0.25) is 5.78 Å². The molecule has 4 rings (SSSR count). The zero-order valence-corrected chi connectivity index (χ0v) is 17.9. The van der Waals surface area contributed by atoms with E-state index in [1.54, 1.807) is 44.2 Å². The number of amides is 1. The summed E-state index contributed by atoms with van der Waals surface area (Å²) in [6, 6.07) is 11.4. The normalized spacial score (nSPS) is 16.2. The highest BCUT2D eigenvalue weighted by molar-refractivity contribution is 7.14. The molecule has 1 aliphatic heterocycles. The lowest BCUT2D eigenvalue weighted by Gasteiger charge is -2.27. The number of methoxy groups -OCH3 is 1. The zero-order valence-electron chi connectivity index (χ0n) is 17.0. The molecule has 1 aliphatic rings. The molecular weight excluding hydrogens is 419 g/mol. The molecule has 1 aromatic heterocycles. The number of hydrogen-bond acceptors (Lipinski definition) is 6. The number of nitrogens with zero attached hydrogens (tertiary/aromatic N) is 2. The smallest absolute Gasteiger partial charge is 0.294 e. The second kappa shape index (κ2) is 7.96. The molecular formula is C23H19FN2O4S. The molecule has 0 fully saturated rings. The minimum atomic E-state index is -0.936. The van der Waals surface area contributed by atoms with Crippen LogP contribution in [0.1, 0.15) is 32.0 Å². The molecule has 0 spiro atoms. The molecule has 0 saturated carbocycles. The second-order valence-electron chi connectivity index (χ2n) is 7.07. The fourth-order valence-corrected chi connectivity index (χ4v) is 4.57. The van der Waals surface area contributed by atoms with Crippen LogP contribution in [-0.2, 0) is 4.79 Å². The van der Waals surface area contributed by atoms with Crippen molar-refractivity contribution in [1.82, 2.24) is 4.98 Å². The number of hydrogen-bond donors (Lipinski definition) is 1. The maximum absolute atomic E-state index is 13.9. The molecule has 1 atom stereocenters. The van der Waals surface area contributed by atoms with Gasteiger partial charge < -0.3 is 9.84 Å². The van der Waals surface area contributed by atoms with Crippen LogP contribution in [0.15, 0.2) is 59.9 Å². The highest BCUT2D eigenvalue weighted by atomic mass is 32.1. The van der Waals surface area contributed by atoms with Crippen LogP contribution in [0.3, 0.4) is 0 Å². The van der Waals surface area contributed by atoms with Crippen molar-refractivity contribution in [1.29, 1.82) is 0 Å². The van der Waals surface area contributed by atoms with Gasteiger partial charge >= 0.3 is 0 Å². The molecule has 1 amide bonds. The third-order valence-electron chi connectivity index (χ3n) is 5.08. The predicted molar refractivity (Wildman–Crippen MR) is 115 cm³/mol. The number of aliphatic hydroxyl groups is 1. The van der Waals surface area contributed by atoms with Gasteiger partial charge in [0.25, 0.3) is 5.91 Å². The van der Waals surface area contributed by atoms with Crippen molar-refractivity contribution >= 4 is 28.7 Å². The number of thiazole rings is 1. The van der Waals surface area contributed by atoms with E-state index >= 15 is 0 Å². The van der Waals surface area contributed by atoms with E-state index in [0.29, 0.717) is 26.9 Å². The maximum atomic E-state index is 13.9. The topological polar surface area (TPSA) is 79.7 Å². The van der Waals surface area contributed by atoms with E-state index in [9.17, 15) is 19.1 Å². The Morgan fingerprint density at radius 1 is 1.19 bits per heavy atom. The molecule has 3 aromatic rings. The average Bonchev–Trinajstić information content (AvgIpc) is 3.23. The van der Waals surface area contributed by atoms with Gasteiger partial charge in [0.05, 0.1) is 34.3 Å². The summed E-state index contributed by atoms with van der Waals surface area (Å²) in [5.74, 6) is -1.84. The van der Waals surface area contributed by atoms with E-state index in [-0.39, 0.29) is 11.3 Å². The monoisotopic (exact) mass is 438 g/mol. The Labute approximate surface area is 182 Å². The number of Topliss-reactive ketones (excluding diaryl/α,β-unsaturated/α-hetero) is 1. The number of aromatic nitrogens is 1. The van der Waals surface area contributed by atoms with Crippen LogP contribution in [0.4, 0.5) is 10.1 Å². The Kier molecular flexibility index (Phi) is 5.32. The molecule has 1 unspecified atom stereocenters. The first-order valence-corrected chi connectivity index (χ1v) is 10.3. The average molecular weight is 438 g/mol. The Bertz CT molecular complexity index is 1220. The minimum absolute atomic E-state index is 0.0637. The molecule has 31 heavy (non-hydrogen) atoms. The number of ketones is 1. The highest BCUT2D eigenvalue weighted by Crippen LogP contribution is 2.43. The van der Waals surface area contributed by atoms with E-state index in [0.717, 1.165) is 0 Å². The molecule has 0 saturated heterocycles. The van der Waals surface area contributed by atoms with E-state index in [1.165, 1.54) is 41.5 Å². The SMILES string of the molecule is COc1ccc(C2C(C(=O)c3sc(C)nc3C)=C(O)C(=O)N2c2cccc(F)c2)cc1. The van der Waals surface area contributed by atoms with Crippen molar-refractivity contribution in [2.24, 2.45) is 0 Å². The third-order valence-corrected chi connectivity index (χ3v) is 6.15. The number of rotatable bonds is 5. The number of carbonyl (C=O) groups excluding carboxylic acids is 2. The van der Waals surface area contributed by atoms with Crippen LogP contribution in [0, 0.1) is 19.7 Å². The van der Waals surface area contributed by atoms with Gasteiger partial charge in [-0.05, 0) is 49.7 Å². The summed E-state index contributed by atoms with van der Waals surface area (Å²) in [5, 5.41) is 11.5. The molecule has 8 heteroatoms. The van der Waals surface area contributed by atoms with E-state index < -0.39 is 29.3 Å². The Morgan fingerprint density at radius 2 is 1.90 bits per heavy atom. The van der Waals surface area contributed by atoms with Crippen molar-refractivity contribution in [2.45, 2.75) is 19.9 Å². The Hall–Kier alpha value is -3.52. The highest BCUT2D eigenvalue weighted by Gasteiger charge is 2.45. The van der Waals surface area contributed by atoms with Crippen molar-refractivity contribution in [3.05, 3.63) is 86.8 Å². The number of benzene rings is 2. The fraction of sp³-hybridized carbons (Fsp3) is 0.174. The maximum Gasteiger partial charge on any atom is 0.294 e. The Balaban J connectivity index is 1.89. The third kappa shape index (κ3) is 3.59. The minimum Gasteiger partial charge on any atom is -0.503 e. The Morgan fingerprint density at radius 3 is 2.48 bits per heavy atom. The van der Waals surface area contributed by atoms with Gasteiger partial charge in [-0.3, -0.25) is 14.5 Å². The summed E-state index contributed by atoms with van der Waals surface area (Å²) in [7, 11) is 1.53. The molecule has 2 heterocycles. The van der Waals surface area contributed by atoms with Crippen molar-refractivity contribution in [3.63, 3.8) is 0 Å². The van der Waals surface area contributed by atoms with Crippen molar-refractivity contribution < 1.29 is 23.8 Å². The first kappa shape index (κ1) is 20.7. The lowest BCUT2D eigenvalue weighted by Crippen LogP contribution is -2.31. The number of aliphatic hydroxyl groups excluding tert-OH is 1. The van der Waals surface area contributed by atoms with E-state index in [1.807, 2.05) is 0 Å². The summed E-state index contributed by atoms with van der Waals surface area (Å²) >= 11 is 1.20. The van der Waals surface area contributed by atoms with Crippen LogP contribution in [0.5, 0.6) is 5.75 Å².